The molecular formula is C15H8F6N4O. The van der Waals surface area contributed by atoms with E-state index in [1.165, 1.54) is 6.07 Å². The fourth-order valence-corrected chi connectivity index (χ4v) is 2.99. The molecule has 136 valence electrons. The van der Waals surface area contributed by atoms with Crippen LogP contribution in [0.1, 0.15) is 22.4 Å². The van der Waals surface area contributed by atoms with Crippen molar-refractivity contribution in [1.29, 1.82) is 0 Å². The first-order chi connectivity index (χ1) is 12.1. The van der Waals surface area contributed by atoms with Crippen molar-refractivity contribution in [2.45, 2.75) is 25.4 Å². The summed E-state index contributed by atoms with van der Waals surface area (Å²) in [5, 5.41) is 6.84. The minimum atomic E-state index is -5.00. The van der Waals surface area contributed by atoms with Crippen molar-refractivity contribution in [3.8, 4) is 0 Å². The standard InChI is InChI=1S/C15H8F6N4O/c16-14(17,18)10-3-11(15(19,20)21)23-12-8(10)2-1-7-4-25(5-9(7)12)13-24-22-6-26-13/h1-3,6H,4-5H2. The van der Waals surface area contributed by atoms with Gasteiger partial charge in [0.2, 0.25) is 6.39 Å². The van der Waals surface area contributed by atoms with Crippen LogP contribution in [-0.2, 0) is 25.4 Å². The lowest BCUT2D eigenvalue weighted by Gasteiger charge is -2.15. The van der Waals surface area contributed by atoms with Crippen LogP contribution in [0.15, 0.2) is 29.0 Å². The zero-order valence-corrected chi connectivity index (χ0v) is 12.7. The van der Waals surface area contributed by atoms with Crippen LogP contribution >= 0.6 is 0 Å². The van der Waals surface area contributed by atoms with Gasteiger partial charge in [-0.05, 0) is 11.6 Å². The Morgan fingerprint density at radius 1 is 1.00 bits per heavy atom. The van der Waals surface area contributed by atoms with Crippen LogP contribution in [0.2, 0.25) is 0 Å². The maximum absolute atomic E-state index is 13.3. The molecule has 0 amide bonds. The third-order valence-electron chi connectivity index (χ3n) is 4.11. The largest absolute Gasteiger partial charge is 0.433 e. The first kappa shape index (κ1) is 16.6. The van der Waals surface area contributed by atoms with Crippen molar-refractivity contribution >= 4 is 16.9 Å². The Kier molecular flexibility index (Phi) is 3.40. The van der Waals surface area contributed by atoms with Gasteiger partial charge in [0.05, 0.1) is 17.6 Å². The third kappa shape index (κ3) is 2.63. The van der Waals surface area contributed by atoms with E-state index >= 15 is 0 Å². The molecule has 2 aromatic heterocycles. The Morgan fingerprint density at radius 2 is 1.77 bits per heavy atom. The molecule has 0 saturated carbocycles. The summed E-state index contributed by atoms with van der Waals surface area (Å²) >= 11 is 0. The summed E-state index contributed by atoms with van der Waals surface area (Å²) in [6.07, 6.45) is -8.86. The maximum atomic E-state index is 13.3. The van der Waals surface area contributed by atoms with E-state index in [-0.39, 0.29) is 41.6 Å². The average Bonchev–Trinajstić information content (AvgIpc) is 3.20. The number of alkyl halides is 6. The molecule has 0 saturated heterocycles. The number of pyridine rings is 1. The Labute approximate surface area is 141 Å². The molecule has 4 rings (SSSR count). The highest BCUT2D eigenvalue weighted by atomic mass is 19.4. The normalized spacial score (nSPS) is 14.9. The average molecular weight is 374 g/mol. The zero-order valence-electron chi connectivity index (χ0n) is 12.7. The number of hydrogen-bond donors (Lipinski definition) is 0. The lowest BCUT2D eigenvalue weighted by atomic mass is 10.0. The molecule has 26 heavy (non-hydrogen) atoms. The second kappa shape index (κ2) is 5.32. The summed E-state index contributed by atoms with van der Waals surface area (Å²) < 4.78 is 84.1. The van der Waals surface area contributed by atoms with Gasteiger partial charge >= 0.3 is 18.4 Å². The lowest BCUT2D eigenvalue weighted by Crippen LogP contribution is -2.15. The molecule has 3 heterocycles. The van der Waals surface area contributed by atoms with Crippen LogP contribution in [0.3, 0.4) is 0 Å². The number of hydrogen-bond acceptors (Lipinski definition) is 5. The fraction of sp³-hybridized carbons (Fsp3) is 0.267. The topological polar surface area (TPSA) is 55.1 Å². The van der Waals surface area contributed by atoms with E-state index < -0.39 is 23.6 Å². The number of rotatable bonds is 1. The van der Waals surface area contributed by atoms with Gasteiger partial charge in [-0.1, -0.05) is 17.2 Å². The van der Waals surface area contributed by atoms with Gasteiger partial charge in [-0.3, -0.25) is 0 Å². The Morgan fingerprint density at radius 3 is 2.38 bits per heavy atom. The van der Waals surface area contributed by atoms with Crippen molar-refractivity contribution in [3.05, 3.63) is 47.0 Å². The molecule has 1 aliphatic heterocycles. The molecule has 0 N–H and O–H groups in total. The van der Waals surface area contributed by atoms with Crippen LogP contribution < -0.4 is 4.90 Å². The monoisotopic (exact) mass is 374 g/mol. The van der Waals surface area contributed by atoms with E-state index in [9.17, 15) is 26.3 Å². The molecule has 1 aromatic carbocycles. The van der Waals surface area contributed by atoms with Gasteiger partial charge in [-0.2, -0.15) is 26.3 Å². The third-order valence-corrected chi connectivity index (χ3v) is 4.11. The highest BCUT2D eigenvalue weighted by molar-refractivity contribution is 5.88. The van der Waals surface area contributed by atoms with Crippen LogP contribution in [0.5, 0.6) is 0 Å². The highest BCUT2D eigenvalue weighted by Crippen LogP contribution is 2.41. The molecule has 1 aliphatic rings. The maximum Gasteiger partial charge on any atom is 0.433 e. The molecular weight excluding hydrogens is 366 g/mol. The van der Waals surface area contributed by atoms with Gasteiger partial charge in [0.25, 0.3) is 0 Å². The molecule has 0 radical (unpaired) electrons. The molecule has 0 unspecified atom stereocenters. The second-order valence-electron chi connectivity index (χ2n) is 5.73. The Balaban J connectivity index is 1.93. The smallest absolute Gasteiger partial charge is 0.411 e. The quantitative estimate of drug-likeness (QED) is 0.599. The number of anilines is 1. The molecule has 0 bridgehead atoms. The predicted octanol–water partition coefficient (Wildman–Crippen LogP) is 4.18. The van der Waals surface area contributed by atoms with Gasteiger partial charge in [0, 0.05) is 17.5 Å². The first-order valence-electron chi connectivity index (χ1n) is 7.25. The lowest BCUT2D eigenvalue weighted by molar-refractivity contribution is -0.144. The predicted molar refractivity (Wildman–Crippen MR) is 75.9 cm³/mol. The van der Waals surface area contributed by atoms with Gasteiger partial charge in [-0.15, -0.1) is 5.10 Å². The number of fused-ring (bicyclic) bond motifs is 3. The minimum Gasteiger partial charge on any atom is -0.411 e. The van der Waals surface area contributed by atoms with Crippen LogP contribution in [0.4, 0.5) is 32.4 Å². The zero-order chi connectivity index (χ0) is 18.7. The second-order valence-corrected chi connectivity index (χ2v) is 5.73. The molecule has 3 aromatic rings. The van der Waals surface area contributed by atoms with Gasteiger partial charge in [-0.25, -0.2) is 4.98 Å². The van der Waals surface area contributed by atoms with E-state index in [0.717, 1.165) is 12.5 Å². The van der Waals surface area contributed by atoms with E-state index in [0.29, 0.717) is 5.56 Å². The Hall–Kier alpha value is -2.85. The summed E-state index contributed by atoms with van der Waals surface area (Å²) in [6.45, 7) is 0.229. The highest BCUT2D eigenvalue weighted by Gasteiger charge is 2.40. The van der Waals surface area contributed by atoms with Crippen molar-refractivity contribution < 1.29 is 30.8 Å². The summed E-state index contributed by atoms with van der Waals surface area (Å²) in [6, 6.07) is 2.75. The first-order valence-corrected chi connectivity index (χ1v) is 7.25. The van der Waals surface area contributed by atoms with Crippen molar-refractivity contribution in [3.63, 3.8) is 0 Å². The molecule has 0 atom stereocenters. The molecule has 11 heteroatoms. The van der Waals surface area contributed by atoms with E-state index in [4.69, 9.17) is 4.42 Å². The van der Waals surface area contributed by atoms with E-state index in [1.54, 1.807) is 4.90 Å². The molecule has 0 spiro atoms. The molecule has 0 aliphatic carbocycles. The van der Waals surface area contributed by atoms with Crippen LogP contribution in [0.25, 0.3) is 10.9 Å². The van der Waals surface area contributed by atoms with Crippen molar-refractivity contribution in [2.75, 3.05) is 4.90 Å². The molecule has 5 nitrogen and oxygen atoms in total. The van der Waals surface area contributed by atoms with Crippen LogP contribution in [-0.4, -0.2) is 15.2 Å². The van der Waals surface area contributed by atoms with Gasteiger partial charge in [0.1, 0.15) is 5.69 Å². The number of halogens is 6. The number of benzene rings is 1. The van der Waals surface area contributed by atoms with Gasteiger partial charge < -0.3 is 9.32 Å². The Bertz CT molecular complexity index is 980. The van der Waals surface area contributed by atoms with E-state index in [2.05, 4.69) is 15.2 Å². The fourth-order valence-electron chi connectivity index (χ4n) is 2.99. The van der Waals surface area contributed by atoms with Crippen molar-refractivity contribution in [2.24, 2.45) is 0 Å². The number of nitrogens with zero attached hydrogens (tertiary/aromatic N) is 4. The summed E-state index contributed by atoms with van der Waals surface area (Å²) in [5.74, 6) is 0. The number of aromatic nitrogens is 3. The van der Waals surface area contributed by atoms with Crippen molar-refractivity contribution in [1.82, 2.24) is 15.2 Å². The summed E-state index contributed by atoms with van der Waals surface area (Å²) in [7, 11) is 0. The minimum absolute atomic E-state index is 0.0144. The van der Waals surface area contributed by atoms with Gasteiger partial charge in [0.15, 0.2) is 0 Å². The summed E-state index contributed by atoms with van der Waals surface area (Å²) in [4.78, 5) is 5.04. The van der Waals surface area contributed by atoms with E-state index in [1.807, 2.05) is 0 Å². The molecule has 0 fully saturated rings. The summed E-state index contributed by atoms with van der Waals surface area (Å²) in [5.41, 5.74) is -2.45. The SMILES string of the molecule is FC(F)(F)c1cc(C(F)(F)F)c2ccc3c(c2n1)CN(c1nnco1)C3. The van der Waals surface area contributed by atoms with Crippen LogP contribution in [0, 0.1) is 0 Å².